The van der Waals surface area contributed by atoms with Crippen LogP contribution in [0.25, 0.3) is 11.4 Å². The largest absolute Gasteiger partial charge is 0.493 e. The van der Waals surface area contributed by atoms with Gasteiger partial charge in [-0.3, -0.25) is 0 Å². The maximum Gasteiger partial charge on any atom is 0.269 e. The number of rotatable bonds is 5. The lowest BCUT2D eigenvalue weighted by Gasteiger charge is -2.14. The third kappa shape index (κ3) is 3.10. The molecule has 0 spiro atoms. The molecule has 0 aliphatic carbocycles. The molecule has 3 aromatic rings. The van der Waals surface area contributed by atoms with E-state index in [9.17, 15) is 8.42 Å². The molecule has 3 rings (SSSR count). The van der Waals surface area contributed by atoms with Crippen LogP contribution in [0.5, 0.6) is 11.5 Å². The second-order valence-corrected chi connectivity index (χ2v) is 8.14. The average Bonchev–Trinajstić information content (AvgIpc) is 3.12. The molecule has 0 aliphatic rings. The first-order chi connectivity index (χ1) is 12.4. The van der Waals surface area contributed by atoms with Gasteiger partial charge in [-0.1, -0.05) is 17.7 Å². The molecule has 0 saturated heterocycles. The Morgan fingerprint density at radius 1 is 1.04 bits per heavy atom. The highest BCUT2D eigenvalue weighted by atomic mass is 79.9. The van der Waals surface area contributed by atoms with Crippen molar-refractivity contribution in [3.63, 3.8) is 0 Å². The van der Waals surface area contributed by atoms with Gasteiger partial charge in [-0.2, -0.15) is 0 Å². The molecular formula is C18H17BrN2O4S. The maximum atomic E-state index is 13.0. The summed E-state index contributed by atoms with van der Waals surface area (Å²) in [5.74, 6) is 1.27. The summed E-state index contributed by atoms with van der Waals surface area (Å²) in [6.45, 7) is 1.90. The minimum atomic E-state index is -3.78. The van der Waals surface area contributed by atoms with Crippen LogP contribution in [0.15, 0.2) is 58.2 Å². The molecule has 26 heavy (non-hydrogen) atoms. The van der Waals surface area contributed by atoms with Gasteiger partial charge in [-0.05, 0) is 47.1 Å². The normalized spacial score (nSPS) is 11.4. The zero-order valence-electron chi connectivity index (χ0n) is 14.4. The fraction of sp³-hybridized carbons (Fsp3) is 0.167. The highest BCUT2D eigenvalue weighted by molar-refractivity contribution is 9.10. The molecular weight excluding hydrogens is 420 g/mol. The van der Waals surface area contributed by atoms with Gasteiger partial charge in [0.25, 0.3) is 10.0 Å². The van der Waals surface area contributed by atoms with Crippen molar-refractivity contribution in [1.29, 1.82) is 0 Å². The van der Waals surface area contributed by atoms with Gasteiger partial charge >= 0.3 is 0 Å². The molecule has 1 heterocycles. The summed E-state index contributed by atoms with van der Waals surface area (Å²) in [4.78, 5) is 4.44. The first-order valence-electron chi connectivity index (χ1n) is 7.66. The lowest BCUT2D eigenvalue weighted by Crippen LogP contribution is -2.13. The van der Waals surface area contributed by atoms with Crippen molar-refractivity contribution in [1.82, 2.24) is 8.96 Å². The van der Waals surface area contributed by atoms with Crippen molar-refractivity contribution in [2.75, 3.05) is 14.2 Å². The minimum absolute atomic E-state index is 0.193. The summed E-state index contributed by atoms with van der Waals surface area (Å²) in [7, 11) is -0.732. The molecule has 0 radical (unpaired) electrons. The summed E-state index contributed by atoms with van der Waals surface area (Å²) >= 11 is 3.47. The number of halogens is 1. The van der Waals surface area contributed by atoms with Crippen LogP contribution in [-0.4, -0.2) is 31.6 Å². The van der Waals surface area contributed by atoms with Gasteiger partial charge in [0.05, 0.1) is 23.6 Å². The molecule has 0 fully saturated rings. The van der Waals surface area contributed by atoms with Crippen LogP contribution in [0.4, 0.5) is 0 Å². The molecule has 0 amide bonds. The molecule has 0 N–H and O–H groups in total. The predicted molar refractivity (Wildman–Crippen MR) is 102 cm³/mol. The second kappa shape index (κ2) is 7.13. The van der Waals surface area contributed by atoms with Crippen LogP contribution >= 0.6 is 15.9 Å². The minimum Gasteiger partial charge on any atom is -0.493 e. The Kier molecular flexibility index (Phi) is 5.06. The molecule has 6 nitrogen and oxygen atoms in total. The zero-order valence-corrected chi connectivity index (χ0v) is 16.8. The Hall–Kier alpha value is -2.32. The first-order valence-corrected chi connectivity index (χ1v) is 9.90. The molecule has 0 bridgehead atoms. The van der Waals surface area contributed by atoms with Gasteiger partial charge in [0, 0.05) is 18.0 Å². The Morgan fingerprint density at radius 3 is 2.35 bits per heavy atom. The summed E-state index contributed by atoms with van der Waals surface area (Å²) in [6, 6.07) is 10.1. The van der Waals surface area contributed by atoms with Gasteiger partial charge in [0.1, 0.15) is 0 Å². The number of benzene rings is 2. The number of aromatic nitrogens is 2. The van der Waals surface area contributed by atoms with Gasteiger partial charge in [-0.25, -0.2) is 17.4 Å². The van der Waals surface area contributed by atoms with E-state index in [1.807, 2.05) is 6.92 Å². The second-order valence-electron chi connectivity index (χ2n) is 5.53. The van der Waals surface area contributed by atoms with Gasteiger partial charge < -0.3 is 9.47 Å². The number of hydrogen-bond donors (Lipinski definition) is 0. The molecule has 0 aliphatic heterocycles. The zero-order chi connectivity index (χ0) is 18.9. The molecule has 136 valence electrons. The Morgan fingerprint density at radius 2 is 1.73 bits per heavy atom. The third-order valence-corrected chi connectivity index (χ3v) is 6.38. The smallest absolute Gasteiger partial charge is 0.269 e. The van der Waals surface area contributed by atoms with Crippen LogP contribution in [0.2, 0.25) is 0 Å². The lowest BCUT2D eigenvalue weighted by molar-refractivity contribution is 0.353. The van der Waals surface area contributed by atoms with Crippen molar-refractivity contribution in [3.05, 3.63) is 58.8 Å². The van der Waals surface area contributed by atoms with E-state index >= 15 is 0 Å². The maximum absolute atomic E-state index is 13.0. The molecule has 0 saturated carbocycles. The molecule has 0 atom stereocenters. The summed E-state index contributed by atoms with van der Waals surface area (Å²) in [6.07, 6.45) is 2.87. The first kappa shape index (κ1) is 18.5. The number of methoxy groups -OCH3 is 2. The monoisotopic (exact) mass is 436 g/mol. The Balaban J connectivity index is 2.17. The summed E-state index contributed by atoms with van der Waals surface area (Å²) in [5, 5.41) is 0. The number of imidazole rings is 1. The van der Waals surface area contributed by atoms with Gasteiger partial charge in [-0.15, -0.1) is 0 Å². The highest BCUT2D eigenvalue weighted by Gasteiger charge is 2.24. The van der Waals surface area contributed by atoms with Crippen molar-refractivity contribution in [2.24, 2.45) is 0 Å². The number of nitrogens with zero attached hydrogens (tertiary/aromatic N) is 2. The van der Waals surface area contributed by atoms with E-state index in [0.717, 1.165) is 9.54 Å². The number of hydrogen-bond acceptors (Lipinski definition) is 5. The Labute approximate surface area is 160 Å². The highest BCUT2D eigenvalue weighted by Crippen LogP contribution is 2.41. The van der Waals surface area contributed by atoms with E-state index < -0.39 is 10.0 Å². The van der Waals surface area contributed by atoms with Crippen LogP contribution in [-0.2, 0) is 10.0 Å². The van der Waals surface area contributed by atoms with Gasteiger partial charge in [0.2, 0.25) is 0 Å². The van der Waals surface area contributed by atoms with Gasteiger partial charge in [0.15, 0.2) is 17.3 Å². The summed E-state index contributed by atoms with van der Waals surface area (Å²) in [5.41, 5.74) is 1.56. The van der Waals surface area contributed by atoms with E-state index in [2.05, 4.69) is 20.9 Å². The van der Waals surface area contributed by atoms with Crippen LogP contribution < -0.4 is 9.47 Å². The molecule has 2 aromatic carbocycles. The summed E-state index contributed by atoms with van der Waals surface area (Å²) < 4.78 is 38.4. The molecule has 1 aromatic heterocycles. The van der Waals surface area contributed by atoms with Crippen molar-refractivity contribution in [2.45, 2.75) is 11.8 Å². The Bertz CT molecular complexity index is 1040. The lowest BCUT2D eigenvalue weighted by atomic mass is 10.2. The van der Waals surface area contributed by atoms with Crippen LogP contribution in [0, 0.1) is 6.92 Å². The van der Waals surface area contributed by atoms with Crippen LogP contribution in [0.1, 0.15) is 5.56 Å². The van der Waals surface area contributed by atoms with E-state index in [1.54, 1.807) is 36.4 Å². The SMILES string of the molecule is COc1ccc(-c2nccn2S(=O)(=O)c2ccc(C)cc2)c(Br)c1OC. The number of aryl methyl sites for hydroxylation is 1. The average molecular weight is 437 g/mol. The number of ether oxygens (including phenoxy) is 2. The van der Waals surface area contributed by atoms with Crippen molar-refractivity contribution >= 4 is 26.0 Å². The standard InChI is InChI=1S/C18H17BrN2O4S/c1-12-4-6-13(7-5-12)26(22,23)21-11-10-20-18(21)14-8-9-15(24-2)17(25-3)16(14)19/h4-11H,1-3H3. The fourth-order valence-electron chi connectivity index (χ4n) is 2.56. The van der Waals surface area contributed by atoms with Crippen molar-refractivity contribution < 1.29 is 17.9 Å². The molecule has 8 heteroatoms. The topological polar surface area (TPSA) is 70.4 Å². The third-order valence-electron chi connectivity index (χ3n) is 3.91. The predicted octanol–water partition coefficient (Wildman–Crippen LogP) is 3.88. The fourth-order valence-corrected chi connectivity index (χ4v) is 4.52. The van der Waals surface area contributed by atoms with E-state index in [-0.39, 0.29) is 10.7 Å². The van der Waals surface area contributed by atoms with E-state index in [1.165, 1.54) is 26.6 Å². The molecule has 0 unspecified atom stereocenters. The van der Waals surface area contributed by atoms with E-state index in [4.69, 9.17) is 9.47 Å². The quantitative estimate of drug-likeness (QED) is 0.606. The van der Waals surface area contributed by atoms with E-state index in [0.29, 0.717) is 21.5 Å². The van der Waals surface area contributed by atoms with Crippen LogP contribution in [0.3, 0.4) is 0 Å². The van der Waals surface area contributed by atoms with Crippen molar-refractivity contribution in [3.8, 4) is 22.9 Å².